The van der Waals surface area contributed by atoms with Crippen LogP contribution in [-0.2, 0) is 4.79 Å². The summed E-state index contributed by atoms with van der Waals surface area (Å²) < 4.78 is 5.56. The Morgan fingerprint density at radius 2 is 2.21 bits per heavy atom. The summed E-state index contributed by atoms with van der Waals surface area (Å²) in [4.78, 5) is 19.4. The van der Waals surface area contributed by atoms with Crippen LogP contribution >= 0.6 is 0 Å². The Morgan fingerprint density at radius 3 is 2.79 bits per heavy atom. The van der Waals surface area contributed by atoms with E-state index in [9.17, 15) is 9.90 Å². The molecular formula is C22H20N4O3. The van der Waals surface area contributed by atoms with Gasteiger partial charge in [-0.2, -0.15) is 5.26 Å². The topological polar surface area (TPSA) is 111 Å². The Hall–Kier alpha value is -3.97. The second-order valence-corrected chi connectivity index (χ2v) is 6.57. The number of fused-ring (bicyclic) bond motifs is 1. The minimum Gasteiger partial charge on any atom is -0.496 e. The molecule has 7 heteroatoms. The molecule has 2 aromatic carbocycles. The summed E-state index contributed by atoms with van der Waals surface area (Å²) in [6, 6.07) is 8.97. The molecule has 0 radical (unpaired) electrons. The van der Waals surface area contributed by atoms with Crippen molar-refractivity contribution in [1.29, 1.82) is 5.26 Å². The van der Waals surface area contributed by atoms with E-state index in [2.05, 4.69) is 27.3 Å². The van der Waals surface area contributed by atoms with Crippen molar-refractivity contribution < 1.29 is 14.6 Å². The number of hydrogen-bond donors (Lipinski definition) is 3. The summed E-state index contributed by atoms with van der Waals surface area (Å²) in [6.45, 7) is 1.90. The molecule has 146 valence electrons. The quantitative estimate of drug-likeness (QED) is 0.558. The second-order valence-electron chi connectivity index (χ2n) is 6.57. The van der Waals surface area contributed by atoms with Crippen LogP contribution in [-0.4, -0.2) is 35.2 Å². The number of carboxylic acid groups (broad SMARTS) is 1. The molecule has 1 heterocycles. The molecule has 1 atom stereocenters. The molecule has 0 amide bonds. The van der Waals surface area contributed by atoms with Crippen LogP contribution in [0.4, 0.5) is 5.69 Å². The summed E-state index contributed by atoms with van der Waals surface area (Å²) in [6.07, 6.45) is 5.59. The summed E-state index contributed by atoms with van der Waals surface area (Å²) in [5, 5.41) is 21.8. The van der Waals surface area contributed by atoms with Crippen LogP contribution in [0.5, 0.6) is 5.75 Å². The average Bonchev–Trinajstić information content (AvgIpc) is 3.13. The number of ether oxygens (including phenoxy) is 1. The van der Waals surface area contributed by atoms with Crippen molar-refractivity contribution in [3.05, 3.63) is 52.3 Å². The van der Waals surface area contributed by atoms with Crippen LogP contribution < -0.4 is 10.1 Å². The molecule has 3 aromatic rings. The molecule has 0 aliphatic heterocycles. The van der Waals surface area contributed by atoms with E-state index >= 15 is 0 Å². The Balaban J connectivity index is 2.30. The number of nitrogens with zero attached hydrogens (tertiary/aromatic N) is 2. The maximum absolute atomic E-state index is 11.7. The Labute approximate surface area is 168 Å². The predicted molar refractivity (Wildman–Crippen MR) is 110 cm³/mol. The maximum Gasteiger partial charge on any atom is 0.304 e. The van der Waals surface area contributed by atoms with Crippen LogP contribution in [0.15, 0.2) is 24.3 Å². The molecule has 1 aromatic heterocycles. The van der Waals surface area contributed by atoms with Crippen LogP contribution in [0.2, 0.25) is 0 Å². The smallest absolute Gasteiger partial charge is 0.304 e. The van der Waals surface area contributed by atoms with Gasteiger partial charge >= 0.3 is 5.97 Å². The number of aliphatic carboxylic acids is 1. The summed E-state index contributed by atoms with van der Waals surface area (Å²) in [5.74, 6) is 1.96. The largest absolute Gasteiger partial charge is 0.496 e. The van der Waals surface area contributed by atoms with E-state index in [0.717, 1.165) is 11.3 Å². The van der Waals surface area contributed by atoms with Gasteiger partial charge in [0, 0.05) is 12.6 Å². The number of imidazole rings is 1. The number of carbonyl (C=O) groups is 1. The monoisotopic (exact) mass is 388 g/mol. The van der Waals surface area contributed by atoms with Crippen LogP contribution in [0.25, 0.3) is 11.0 Å². The van der Waals surface area contributed by atoms with Gasteiger partial charge in [0.25, 0.3) is 0 Å². The van der Waals surface area contributed by atoms with Gasteiger partial charge in [-0.1, -0.05) is 5.92 Å². The summed E-state index contributed by atoms with van der Waals surface area (Å²) >= 11 is 0. The number of methoxy groups -OCH3 is 1. The lowest BCUT2D eigenvalue weighted by Crippen LogP contribution is -2.14. The minimum atomic E-state index is -0.996. The number of nitriles is 1. The Kier molecular flexibility index (Phi) is 5.43. The normalized spacial score (nSPS) is 11.5. The molecule has 0 saturated carbocycles. The van der Waals surface area contributed by atoms with E-state index in [4.69, 9.17) is 16.4 Å². The van der Waals surface area contributed by atoms with Gasteiger partial charge in [0.2, 0.25) is 0 Å². The van der Waals surface area contributed by atoms with E-state index in [1.54, 1.807) is 25.2 Å². The van der Waals surface area contributed by atoms with E-state index < -0.39 is 11.9 Å². The number of terminal acetylenes is 1. The summed E-state index contributed by atoms with van der Waals surface area (Å²) in [7, 11) is 3.28. The molecule has 3 N–H and O–H groups in total. The zero-order valence-electron chi connectivity index (χ0n) is 16.3. The van der Waals surface area contributed by atoms with Crippen molar-refractivity contribution in [3.63, 3.8) is 0 Å². The molecule has 0 aliphatic rings. The van der Waals surface area contributed by atoms with Crippen LogP contribution in [0.1, 0.15) is 40.4 Å². The second kappa shape index (κ2) is 7.95. The minimum absolute atomic E-state index is 0.234. The third-order valence-corrected chi connectivity index (χ3v) is 4.83. The van der Waals surface area contributed by atoms with Crippen molar-refractivity contribution in [2.75, 3.05) is 19.5 Å². The van der Waals surface area contributed by atoms with Crippen molar-refractivity contribution >= 4 is 22.7 Å². The van der Waals surface area contributed by atoms with Gasteiger partial charge in [-0.15, -0.1) is 6.42 Å². The lowest BCUT2D eigenvalue weighted by atomic mass is 9.87. The van der Waals surface area contributed by atoms with Crippen molar-refractivity contribution in [1.82, 2.24) is 9.97 Å². The number of hydrogen-bond acceptors (Lipinski definition) is 5. The van der Waals surface area contributed by atoms with E-state index in [0.29, 0.717) is 39.3 Å². The SMILES string of the molecule is C#Cc1c(NC)c(C)cc(OC)c1C(CC(=O)O)c1nc2ccc(C#N)cc2[nH]1. The average molecular weight is 388 g/mol. The zero-order valence-corrected chi connectivity index (χ0v) is 16.3. The van der Waals surface area contributed by atoms with Crippen LogP contribution in [0, 0.1) is 30.6 Å². The highest BCUT2D eigenvalue weighted by atomic mass is 16.5. The van der Waals surface area contributed by atoms with E-state index in [-0.39, 0.29) is 6.42 Å². The number of benzene rings is 2. The van der Waals surface area contributed by atoms with Gasteiger partial charge in [-0.3, -0.25) is 4.79 Å². The van der Waals surface area contributed by atoms with Gasteiger partial charge < -0.3 is 20.1 Å². The highest BCUT2D eigenvalue weighted by Crippen LogP contribution is 2.41. The Bertz CT molecular complexity index is 1180. The number of aryl methyl sites for hydroxylation is 1. The fourth-order valence-electron chi connectivity index (χ4n) is 3.56. The molecule has 3 rings (SSSR count). The molecule has 29 heavy (non-hydrogen) atoms. The number of H-pyrrole nitrogens is 1. The molecule has 7 nitrogen and oxygen atoms in total. The third-order valence-electron chi connectivity index (χ3n) is 4.83. The number of carboxylic acids is 1. The first-order chi connectivity index (χ1) is 13.9. The van der Waals surface area contributed by atoms with Gasteiger partial charge in [0.15, 0.2) is 0 Å². The molecule has 0 bridgehead atoms. The molecule has 0 spiro atoms. The van der Waals surface area contributed by atoms with E-state index in [1.807, 2.05) is 13.0 Å². The number of aromatic amines is 1. The first kappa shape index (κ1) is 19.8. The van der Waals surface area contributed by atoms with Crippen molar-refractivity contribution in [3.8, 4) is 24.2 Å². The molecule has 1 unspecified atom stereocenters. The predicted octanol–water partition coefficient (Wildman–Crippen LogP) is 3.38. The van der Waals surface area contributed by atoms with Crippen LogP contribution in [0.3, 0.4) is 0 Å². The fraction of sp³-hybridized carbons (Fsp3) is 0.227. The van der Waals surface area contributed by atoms with E-state index in [1.165, 1.54) is 7.11 Å². The van der Waals surface area contributed by atoms with Crippen molar-refractivity contribution in [2.24, 2.45) is 0 Å². The Morgan fingerprint density at radius 1 is 1.45 bits per heavy atom. The number of anilines is 1. The summed E-state index contributed by atoms with van der Waals surface area (Å²) in [5.41, 5.74) is 4.51. The number of rotatable bonds is 6. The van der Waals surface area contributed by atoms with Gasteiger partial charge in [-0.25, -0.2) is 4.98 Å². The number of aromatic nitrogens is 2. The van der Waals surface area contributed by atoms with Gasteiger partial charge in [0.05, 0.1) is 53.4 Å². The highest BCUT2D eigenvalue weighted by Gasteiger charge is 2.29. The molecule has 0 aliphatic carbocycles. The van der Waals surface area contributed by atoms with Gasteiger partial charge in [-0.05, 0) is 36.8 Å². The first-order valence-electron chi connectivity index (χ1n) is 8.90. The van der Waals surface area contributed by atoms with Gasteiger partial charge in [0.1, 0.15) is 11.6 Å². The molecule has 0 fully saturated rings. The fourth-order valence-corrected chi connectivity index (χ4v) is 3.56. The lowest BCUT2D eigenvalue weighted by molar-refractivity contribution is -0.137. The molecule has 0 saturated heterocycles. The zero-order chi connectivity index (χ0) is 21.1. The number of nitrogens with one attached hydrogen (secondary N) is 2. The van der Waals surface area contributed by atoms with Crippen molar-refractivity contribution in [2.45, 2.75) is 19.3 Å². The standard InChI is InChI=1S/C22H20N4O3/c1-5-14-20(18(29-4)8-12(2)21(14)24-3)15(10-19(27)28)22-25-16-7-6-13(11-23)9-17(16)26-22/h1,6-9,15,24H,10H2,2-4H3,(H,25,26)(H,27,28). The maximum atomic E-state index is 11.7. The molecular weight excluding hydrogens is 368 g/mol. The lowest BCUT2D eigenvalue weighted by Gasteiger charge is -2.22. The first-order valence-corrected chi connectivity index (χ1v) is 8.90. The third kappa shape index (κ3) is 3.59. The highest BCUT2D eigenvalue weighted by molar-refractivity contribution is 5.79.